The van der Waals surface area contributed by atoms with Crippen molar-refractivity contribution in [2.45, 2.75) is 51.6 Å². The summed E-state index contributed by atoms with van der Waals surface area (Å²) < 4.78 is 0. The van der Waals surface area contributed by atoms with Gasteiger partial charge >= 0.3 is 12.0 Å². The molecule has 1 aliphatic rings. The molecule has 3 aromatic rings. The number of hydrogen-bond acceptors (Lipinski definition) is 3. The van der Waals surface area contributed by atoms with Crippen molar-refractivity contribution in [1.29, 1.82) is 0 Å². The molecule has 3 amide bonds. The van der Waals surface area contributed by atoms with Crippen molar-refractivity contribution in [3.8, 4) is 0 Å². The predicted molar refractivity (Wildman–Crippen MR) is 158 cm³/mol. The van der Waals surface area contributed by atoms with Crippen LogP contribution in [0, 0.1) is 0 Å². The maximum atomic E-state index is 13.6. The van der Waals surface area contributed by atoms with Crippen LogP contribution in [0.5, 0.6) is 0 Å². The number of rotatable bonds is 10. The summed E-state index contributed by atoms with van der Waals surface area (Å²) in [5.41, 5.74) is 5.49. The smallest absolute Gasteiger partial charge is 0.322 e. The van der Waals surface area contributed by atoms with Crippen molar-refractivity contribution in [1.82, 2.24) is 10.6 Å². The van der Waals surface area contributed by atoms with E-state index in [1.54, 1.807) is 41.3 Å². The van der Waals surface area contributed by atoms with Gasteiger partial charge < -0.3 is 15.7 Å². The van der Waals surface area contributed by atoms with E-state index in [1.807, 2.05) is 31.2 Å². The van der Waals surface area contributed by atoms with Gasteiger partial charge in [-0.1, -0.05) is 54.1 Å². The van der Waals surface area contributed by atoms with Gasteiger partial charge in [-0.25, -0.2) is 4.79 Å². The third kappa shape index (κ3) is 7.96. The Morgan fingerprint density at radius 3 is 2.27 bits per heavy atom. The molecule has 8 heteroatoms. The highest BCUT2D eigenvalue weighted by atomic mass is 35.5. The summed E-state index contributed by atoms with van der Waals surface area (Å²) in [6.07, 6.45) is 6.75. The number of aliphatic carboxylic acids is 1. The molecule has 0 fully saturated rings. The van der Waals surface area contributed by atoms with Crippen LogP contribution in [0.3, 0.4) is 0 Å². The van der Waals surface area contributed by atoms with Crippen LogP contribution in [0.4, 0.5) is 10.5 Å². The number of nitrogens with zero attached hydrogens (tertiary/aromatic N) is 1. The number of anilines is 1. The molecule has 1 aliphatic carbocycles. The first-order chi connectivity index (χ1) is 19.3. The molecule has 0 aromatic heterocycles. The summed E-state index contributed by atoms with van der Waals surface area (Å²) in [7, 11) is 0. The van der Waals surface area contributed by atoms with Gasteiger partial charge in [0, 0.05) is 22.8 Å². The molecule has 0 radical (unpaired) electrons. The van der Waals surface area contributed by atoms with Gasteiger partial charge in [-0.05, 0) is 91.3 Å². The van der Waals surface area contributed by atoms with Crippen molar-refractivity contribution < 1.29 is 19.5 Å². The van der Waals surface area contributed by atoms with Crippen molar-refractivity contribution >= 4 is 40.8 Å². The lowest BCUT2D eigenvalue weighted by Gasteiger charge is -2.26. The van der Waals surface area contributed by atoms with Crippen LogP contribution in [-0.2, 0) is 11.3 Å². The fourth-order valence-electron chi connectivity index (χ4n) is 4.66. The van der Waals surface area contributed by atoms with E-state index in [0.29, 0.717) is 17.1 Å². The van der Waals surface area contributed by atoms with E-state index in [-0.39, 0.29) is 30.9 Å². The molecule has 208 valence electrons. The van der Waals surface area contributed by atoms with Gasteiger partial charge in [-0.15, -0.1) is 0 Å². The van der Waals surface area contributed by atoms with E-state index < -0.39 is 5.97 Å². The fourth-order valence-corrected chi connectivity index (χ4v) is 4.79. The Bertz CT molecular complexity index is 1350. The molecular formula is C32H34ClN3O4. The highest BCUT2D eigenvalue weighted by Gasteiger charge is 2.20. The number of amides is 3. The second-order valence-electron chi connectivity index (χ2n) is 9.93. The Kier molecular flexibility index (Phi) is 9.97. The number of allylic oxidation sites excluding steroid dienone is 2. The number of halogens is 1. The Balaban J connectivity index is 1.52. The first-order valence-corrected chi connectivity index (χ1v) is 13.9. The minimum Gasteiger partial charge on any atom is -0.481 e. The van der Waals surface area contributed by atoms with Crippen LogP contribution in [0.25, 0.3) is 5.57 Å². The second kappa shape index (κ2) is 13.8. The van der Waals surface area contributed by atoms with Crippen molar-refractivity contribution in [2.24, 2.45) is 0 Å². The van der Waals surface area contributed by atoms with Crippen LogP contribution in [0.2, 0.25) is 5.02 Å². The topological polar surface area (TPSA) is 98.7 Å². The number of carboxylic acid groups (broad SMARTS) is 1. The van der Waals surface area contributed by atoms with Gasteiger partial charge in [0.25, 0.3) is 5.91 Å². The molecule has 0 spiro atoms. The first kappa shape index (κ1) is 28.9. The summed E-state index contributed by atoms with van der Waals surface area (Å²) in [5.74, 6) is -1.31. The molecule has 3 N–H and O–H groups in total. The zero-order valence-corrected chi connectivity index (χ0v) is 23.3. The van der Waals surface area contributed by atoms with E-state index in [4.69, 9.17) is 16.7 Å². The molecule has 0 saturated carbocycles. The fraction of sp³-hybridized carbons (Fsp3) is 0.281. The first-order valence-electron chi connectivity index (χ1n) is 13.5. The number of carbonyl (C=O) groups is 3. The molecule has 1 atom stereocenters. The highest BCUT2D eigenvalue weighted by Crippen LogP contribution is 2.29. The molecular weight excluding hydrogens is 526 g/mol. The lowest BCUT2D eigenvalue weighted by Crippen LogP contribution is -2.40. The highest BCUT2D eigenvalue weighted by molar-refractivity contribution is 6.30. The number of nitrogens with one attached hydrogen (secondary N) is 2. The van der Waals surface area contributed by atoms with Crippen LogP contribution in [0.15, 0.2) is 78.9 Å². The molecule has 0 unspecified atom stereocenters. The summed E-state index contributed by atoms with van der Waals surface area (Å²) >= 11 is 6.03. The molecule has 40 heavy (non-hydrogen) atoms. The minimum absolute atomic E-state index is 0.0581. The molecule has 0 aliphatic heterocycles. The normalized spacial score (nSPS) is 13.6. The Morgan fingerprint density at radius 1 is 0.950 bits per heavy atom. The van der Waals surface area contributed by atoms with Gasteiger partial charge in [0.1, 0.15) is 0 Å². The number of benzene rings is 3. The Morgan fingerprint density at radius 2 is 1.65 bits per heavy atom. The third-order valence-electron chi connectivity index (χ3n) is 6.98. The number of urea groups is 1. The summed E-state index contributed by atoms with van der Waals surface area (Å²) in [6.45, 7) is 2.28. The van der Waals surface area contributed by atoms with Crippen LogP contribution in [0.1, 0.15) is 72.1 Å². The summed E-state index contributed by atoms with van der Waals surface area (Å²) in [6, 6.07) is 21.9. The number of carboxylic acids is 1. The average molecular weight is 560 g/mol. The molecule has 0 bridgehead atoms. The van der Waals surface area contributed by atoms with E-state index >= 15 is 0 Å². The maximum Gasteiger partial charge on any atom is 0.322 e. The molecule has 4 rings (SSSR count). The van der Waals surface area contributed by atoms with E-state index in [1.165, 1.54) is 24.0 Å². The lowest BCUT2D eigenvalue weighted by molar-refractivity contribution is -0.136. The number of hydrogen-bond donors (Lipinski definition) is 3. The van der Waals surface area contributed by atoms with Crippen molar-refractivity contribution in [3.05, 3.63) is 106 Å². The molecule has 7 nitrogen and oxygen atoms in total. The van der Waals surface area contributed by atoms with Crippen LogP contribution >= 0.6 is 11.6 Å². The van der Waals surface area contributed by atoms with Gasteiger partial charge in [-0.3, -0.25) is 14.5 Å². The Hall–Kier alpha value is -4.10. The zero-order valence-electron chi connectivity index (χ0n) is 22.5. The average Bonchev–Trinajstić information content (AvgIpc) is 2.97. The second-order valence-corrected chi connectivity index (χ2v) is 10.4. The van der Waals surface area contributed by atoms with E-state index in [9.17, 15) is 14.4 Å². The number of carbonyl (C=O) groups excluding carboxylic acids is 2. The standard InChI is InChI=1S/C32H34ClN3O4/c1-22(24-11-15-28(33)16-12-24)35-32(40)36(29-17-13-26(14-18-29)25-5-3-2-4-6-25)21-23-7-9-27(10-8-23)31(39)34-20-19-30(37)38/h5,7-18,22H,2-4,6,19-21H2,1H3,(H,34,39)(H,35,40)(H,37,38)/t22-/m0/s1. The summed E-state index contributed by atoms with van der Waals surface area (Å²) in [5, 5.41) is 15.1. The van der Waals surface area contributed by atoms with Crippen LogP contribution < -0.4 is 15.5 Å². The van der Waals surface area contributed by atoms with Gasteiger partial charge in [0.15, 0.2) is 0 Å². The molecule has 0 saturated heterocycles. The quantitative estimate of drug-likeness (QED) is 0.249. The third-order valence-corrected chi connectivity index (χ3v) is 7.23. The van der Waals surface area contributed by atoms with Gasteiger partial charge in [0.2, 0.25) is 0 Å². The zero-order chi connectivity index (χ0) is 28.5. The van der Waals surface area contributed by atoms with Crippen LogP contribution in [-0.4, -0.2) is 29.6 Å². The summed E-state index contributed by atoms with van der Waals surface area (Å²) in [4.78, 5) is 38.3. The van der Waals surface area contributed by atoms with E-state index in [0.717, 1.165) is 29.7 Å². The molecule has 3 aromatic carbocycles. The largest absolute Gasteiger partial charge is 0.481 e. The maximum absolute atomic E-state index is 13.6. The van der Waals surface area contributed by atoms with Crippen molar-refractivity contribution in [3.63, 3.8) is 0 Å². The molecule has 0 heterocycles. The van der Waals surface area contributed by atoms with E-state index in [2.05, 4.69) is 28.8 Å². The SMILES string of the molecule is C[C@H](NC(=O)N(Cc1ccc(C(=O)NCCC(=O)O)cc1)c1ccc(C2=CCCCC2)cc1)c1ccc(Cl)cc1. The predicted octanol–water partition coefficient (Wildman–Crippen LogP) is 6.98. The van der Waals surface area contributed by atoms with Crippen molar-refractivity contribution in [2.75, 3.05) is 11.4 Å². The van der Waals surface area contributed by atoms with Gasteiger partial charge in [0.05, 0.1) is 19.0 Å². The minimum atomic E-state index is -0.970. The lowest BCUT2D eigenvalue weighted by atomic mass is 9.93. The monoisotopic (exact) mass is 559 g/mol. The van der Waals surface area contributed by atoms with Gasteiger partial charge in [-0.2, -0.15) is 0 Å². The Labute approximate surface area is 239 Å².